The number of rotatable bonds is 2. The number of fused-ring (bicyclic) bond motifs is 1. The lowest BCUT2D eigenvalue weighted by Gasteiger charge is -2.33. The van der Waals surface area contributed by atoms with Gasteiger partial charge in [0.1, 0.15) is 5.82 Å². The second-order valence-corrected chi connectivity index (χ2v) is 6.04. The lowest BCUT2D eigenvalue weighted by atomic mass is 10.1. The number of β-amino-alcohol motifs (C(OH)–C–C–N with tert-alkyl or cyclic N) is 1. The minimum atomic E-state index is -0.334. The van der Waals surface area contributed by atoms with Crippen LogP contribution in [0.15, 0.2) is 36.5 Å². The lowest BCUT2D eigenvalue weighted by molar-refractivity contribution is -0.00588. The number of anilines is 1. The van der Waals surface area contributed by atoms with Gasteiger partial charge in [-0.3, -0.25) is 4.90 Å². The minimum Gasteiger partial charge on any atom is -0.390 e. The van der Waals surface area contributed by atoms with Crippen LogP contribution in [0.25, 0.3) is 10.8 Å². The Bertz CT molecular complexity index is 652. The average Bonchev–Trinajstić information content (AvgIpc) is 2.97. The molecular formula is C17H21N3O2. The highest BCUT2D eigenvalue weighted by Gasteiger charge is 2.37. The standard InChI is InChI=1S/C17H21N3O2/c21-16-12-20(11-15(16)19-7-9-22-10-8-19)17-14-4-2-1-3-13(14)5-6-18-17/h1-6,15-16,21H,7-12H2/t15-,16-/m0/s1. The van der Waals surface area contributed by atoms with Crippen molar-refractivity contribution >= 4 is 16.6 Å². The van der Waals surface area contributed by atoms with Gasteiger partial charge in [-0.2, -0.15) is 0 Å². The fourth-order valence-corrected chi connectivity index (χ4v) is 3.57. The Morgan fingerprint density at radius 1 is 1.09 bits per heavy atom. The second-order valence-electron chi connectivity index (χ2n) is 6.04. The first-order chi connectivity index (χ1) is 10.8. The van der Waals surface area contributed by atoms with E-state index in [4.69, 9.17) is 4.74 Å². The zero-order valence-electron chi connectivity index (χ0n) is 12.6. The summed E-state index contributed by atoms with van der Waals surface area (Å²) in [6.07, 6.45) is 1.52. The molecule has 0 unspecified atom stereocenters. The molecule has 0 aliphatic carbocycles. The van der Waals surface area contributed by atoms with Crippen LogP contribution >= 0.6 is 0 Å². The van der Waals surface area contributed by atoms with Gasteiger partial charge in [-0.1, -0.05) is 24.3 Å². The van der Waals surface area contributed by atoms with Crippen LogP contribution in [0.3, 0.4) is 0 Å². The number of benzene rings is 1. The molecule has 1 aromatic heterocycles. The summed E-state index contributed by atoms with van der Waals surface area (Å²) in [7, 11) is 0. The first kappa shape index (κ1) is 13.9. The third-order valence-electron chi connectivity index (χ3n) is 4.73. The van der Waals surface area contributed by atoms with E-state index in [9.17, 15) is 5.11 Å². The molecule has 3 heterocycles. The van der Waals surface area contributed by atoms with E-state index in [2.05, 4.69) is 26.9 Å². The zero-order valence-corrected chi connectivity index (χ0v) is 12.6. The molecule has 0 radical (unpaired) electrons. The highest BCUT2D eigenvalue weighted by Crippen LogP contribution is 2.28. The number of aromatic nitrogens is 1. The van der Waals surface area contributed by atoms with Crippen LogP contribution in [0.1, 0.15) is 0 Å². The Kier molecular flexibility index (Phi) is 3.70. The summed E-state index contributed by atoms with van der Waals surface area (Å²) in [4.78, 5) is 9.14. The molecule has 2 saturated heterocycles. The molecule has 4 rings (SSSR count). The fourth-order valence-electron chi connectivity index (χ4n) is 3.57. The molecule has 2 aliphatic heterocycles. The van der Waals surface area contributed by atoms with Gasteiger partial charge in [0.25, 0.3) is 0 Å². The average molecular weight is 299 g/mol. The Hall–Kier alpha value is -1.69. The maximum atomic E-state index is 10.5. The van der Waals surface area contributed by atoms with Crippen molar-refractivity contribution in [2.24, 2.45) is 0 Å². The number of pyridine rings is 1. The van der Waals surface area contributed by atoms with Crippen molar-refractivity contribution in [3.63, 3.8) is 0 Å². The zero-order chi connectivity index (χ0) is 14.9. The largest absolute Gasteiger partial charge is 0.390 e. The molecule has 2 aromatic rings. The van der Waals surface area contributed by atoms with Gasteiger partial charge in [0.15, 0.2) is 0 Å². The van der Waals surface area contributed by atoms with E-state index in [1.807, 2.05) is 24.4 Å². The number of morpholine rings is 1. The molecular weight excluding hydrogens is 278 g/mol. The SMILES string of the molecule is O[C@H]1CN(c2nccc3ccccc23)C[C@@H]1N1CCOCC1. The highest BCUT2D eigenvalue weighted by atomic mass is 16.5. The van der Waals surface area contributed by atoms with Gasteiger partial charge in [0.05, 0.1) is 25.4 Å². The molecule has 1 aromatic carbocycles. The van der Waals surface area contributed by atoms with Crippen LogP contribution in [-0.2, 0) is 4.74 Å². The molecule has 2 fully saturated rings. The predicted octanol–water partition coefficient (Wildman–Crippen LogP) is 1.12. The monoisotopic (exact) mass is 299 g/mol. The topological polar surface area (TPSA) is 48.8 Å². The molecule has 0 saturated carbocycles. The lowest BCUT2D eigenvalue weighted by Crippen LogP contribution is -2.48. The Morgan fingerprint density at radius 2 is 1.91 bits per heavy atom. The molecule has 0 bridgehead atoms. The number of nitrogens with zero attached hydrogens (tertiary/aromatic N) is 3. The van der Waals surface area contributed by atoms with Crippen molar-refractivity contribution in [2.75, 3.05) is 44.3 Å². The van der Waals surface area contributed by atoms with Gasteiger partial charge >= 0.3 is 0 Å². The van der Waals surface area contributed by atoms with Gasteiger partial charge in [0, 0.05) is 37.8 Å². The summed E-state index contributed by atoms with van der Waals surface area (Å²) in [6, 6.07) is 10.5. The molecule has 2 aliphatic rings. The van der Waals surface area contributed by atoms with Gasteiger partial charge in [-0.25, -0.2) is 4.98 Å². The van der Waals surface area contributed by atoms with Crippen LogP contribution in [0.4, 0.5) is 5.82 Å². The third kappa shape index (κ3) is 2.45. The van der Waals surface area contributed by atoms with Gasteiger partial charge in [-0.15, -0.1) is 0 Å². The van der Waals surface area contributed by atoms with Crippen LogP contribution in [-0.4, -0.2) is 66.5 Å². The van der Waals surface area contributed by atoms with Crippen molar-refractivity contribution in [1.82, 2.24) is 9.88 Å². The van der Waals surface area contributed by atoms with Crippen LogP contribution < -0.4 is 4.90 Å². The normalized spacial score (nSPS) is 26.7. The summed E-state index contributed by atoms with van der Waals surface area (Å²) < 4.78 is 5.41. The van der Waals surface area contributed by atoms with Crippen LogP contribution in [0, 0.1) is 0 Å². The maximum absolute atomic E-state index is 10.5. The Labute approximate surface area is 130 Å². The summed E-state index contributed by atoms with van der Waals surface area (Å²) in [5.74, 6) is 0.980. The predicted molar refractivity (Wildman–Crippen MR) is 86.1 cm³/mol. The number of hydrogen-bond donors (Lipinski definition) is 1. The minimum absolute atomic E-state index is 0.171. The second kappa shape index (κ2) is 5.83. The fraction of sp³-hybridized carbons (Fsp3) is 0.471. The number of ether oxygens (including phenoxy) is 1. The van der Waals surface area contributed by atoms with Gasteiger partial charge in [0.2, 0.25) is 0 Å². The van der Waals surface area contributed by atoms with E-state index in [-0.39, 0.29) is 12.1 Å². The molecule has 2 atom stereocenters. The molecule has 116 valence electrons. The van der Waals surface area contributed by atoms with Crippen molar-refractivity contribution < 1.29 is 9.84 Å². The van der Waals surface area contributed by atoms with Gasteiger partial charge in [-0.05, 0) is 11.5 Å². The van der Waals surface area contributed by atoms with E-state index in [0.29, 0.717) is 6.54 Å². The van der Waals surface area contributed by atoms with Crippen LogP contribution in [0.2, 0.25) is 0 Å². The summed E-state index contributed by atoms with van der Waals surface area (Å²) in [5.41, 5.74) is 0. The molecule has 0 amide bonds. The third-order valence-corrected chi connectivity index (χ3v) is 4.73. The summed E-state index contributed by atoms with van der Waals surface area (Å²) >= 11 is 0. The Balaban J connectivity index is 1.60. The molecule has 5 heteroatoms. The van der Waals surface area contributed by atoms with E-state index >= 15 is 0 Å². The highest BCUT2D eigenvalue weighted by molar-refractivity contribution is 5.92. The van der Waals surface area contributed by atoms with Crippen molar-refractivity contribution in [3.8, 4) is 0 Å². The quantitative estimate of drug-likeness (QED) is 0.900. The van der Waals surface area contributed by atoms with E-state index in [1.54, 1.807) is 0 Å². The summed E-state index contributed by atoms with van der Waals surface area (Å²) in [6.45, 7) is 4.79. The van der Waals surface area contributed by atoms with Crippen molar-refractivity contribution in [2.45, 2.75) is 12.1 Å². The molecule has 5 nitrogen and oxygen atoms in total. The molecule has 1 N–H and O–H groups in total. The number of hydrogen-bond acceptors (Lipinski definition) is 5. The first-order valence-electron chi connectivity index (χ1n) is 7.91. The number of aliphatic hydroxyl groups excluding tert-OH is 1. The van der Waals surface area contributed by atoms with Crippen LogP contribution in [0.5, 0.6) is 0 Å². The first-order valence-corrected chi connectivity index (χ1v) is 7.91. The van der Waals surface area contributed by atoms with E-state index < -0.39 is 0 Å². The molecule has 22 heavy (non-hydrogen) atoms. The summed E-state index contributed by atoms with van der Waals surface area (Å²) in [5, 5.41) is 12.8. The van der Waals surface area contributed by atoms with E-state index in [1.165, 1.54) is 5.39 Å². The van der Waals surface area contributed by atoms with E-state index in [0.717, 1.165) is 44.1 Å². The smallest absolute Gasteiger partial charge is 0.136 e. The molecule has 0 spiro atoms. The Morgan fingerprint density at radius 3 is 2.77 bits per heavy atom. The maximum Gasteiger partial charge on any atom is 0.136 e. The van der Waals surface area contributed by atoms with Crippen molar-refractivity contribution in [1.29, 1.82) is 0 Å². The van der Waals surface area contributed by atoms with Crippen molar-refractivity contribution in [3.05, 3.63) is 36.5 Å². The van der Waals surface area contributed by atoms with Gasteiger partial charge < -0.3 is 14.7 Å². The number of aliphatic hydroxyl groups is 1.